The van der Waals surface area contributed by atoms with Crippen molar-refractivity contribution < 1.29 is 14.4 Å². The van der Waals surface area contributed by atoms with E-state index in [-0.39, 0.29) is 37.4 Å². The van der Waals surface area contributed by atoms with Crippen molar-refractivity contribution in [2.24, 2.45) is 0 Å². The largest absolute Gasteiger partial charge is 0.337 e. The minimum atomic E-state index is -0.327. The maximum Gasteiger partial charge on any atom is 0.317 e. The molecule has 7 heteroatoms. The highest BCUT2D eigenvalue weighted by molar-refractivity contribution is 5.94. The van der Waals surface area contributed by atoms with Crippen molar-refractivity contribution in [1.82, 2.24) is 15.1 Å². The normalized spacial score (nSPS) is 9.90. The summed E-state index contributed by atoms with van der Waals surface area (Å²) in [5, 5.41) is 5.42. The number of amides is 4. The molecular weight excluding hydrogens is 380 g/mol. The predicted octanol–water partition coefficient (Wildman–Crippen LogP) is 2.30. The second kappa shape index (κ2) is 11.3. The molecule has 0 fully saturated rings. The number of anilines is 1. The zero-order valence-corrected chi connectivity index (χ0v) is 17.2. The van der Waals surface area contributed by atoms with Gasteiger partial charge in [-0.1, -0.05) is 42.3 Å². The summed E-state index contributed by atoms with van der Waals surface area (Å²) >= 11 is 0. The lowest BCUT2D eigenvalue weighted by Gasteiger charge is -2.19. The Kier molecular flexibility index (Phi) is 8.45. The Morgan fingerprint density at radius 3 is 2.43 bits per heavy atom. The Balaban J connectivity index is 1.71. The third kappa shape index (κ3) is 7.32. The Bertz CT molecular complexity index is 922. The molecule has 7 nitrogen and oxygen atoms in total. The molecule has 0 aromatic heterocycles. The van der Waals surface area contributed by atoms with Crippen LogP contribution >= 0.6 is 0 Å². The second-order valence-corrected chi connectivity index (χ2v) is 6.85. The van der Waals surface area contributed by atoms with Crippen LogP contribution in [-0.4, -0.2) is 54.8 Å². The van der Waals surface area contributed by atoms with Gasteiger partial charge in [-0.2, -0.15) is 0 Å². The lowest BCUT2D eigenvalue weighted by molar-refractivity contribution is -0.133. The van der Waals surface area contributed by atoms with E-state index in [1.807, 2.05) is 30.3 Å². The molecule has 0 aliphatic rings. The van der Waals surface area contributed by atoms with Gasteiger partial charge in [0, 0.05) is 44.9 Å². The maximum atomic E-state index is 12.2. The zero-order chi connectivity index (χ0) is 21.9. The number of nitrogens with one attached hydrogen (secondary N) is 2. The lowest BCUT2D eigenvalue weighted by Crippen LogP contribution is -2.40. The Labute approximate surface area is 177 Å². The molecule has 0 atom stereocenters. The molecule has 2 aromatic rings. The number of benzene rings is 2. The Morgan fingerprint density at radius 2 is 1.73 bits per heavy atom. The molecular formula is C23H26N4O3. The van der Waals surface area contributed by atoms with Crippen LogP contribution in [0.3, 0.4) is 0 Å². The first kappa shape index (κ1) is 22.5. The SMILES string of the molecule is C#Cc1cccc(NC(=O)CN(C)C(=O)CCNC(=O)N(C)Cc2ccccc2)c1. The van der Waals surface area contributed by atoms with Crippen molar-refractivity contribution in [1.29, 1.82) is 0 Å². The van der Waals surface area contributed by atoms with E-state index in [1.165, 1.54) is 4.90 Å². The molecule has 0 aliphatic heterocycles. The minimum absolute atomic E-state index is 0.0963. The third-order valence-corrected chi connectivity index (χ3v) is 4.34. The van der Waals surface area contributed by atoms with Crippen LogP contribution in [-0.2, 0) is 16.1 Å². The van der Waals surface area contributed by atoms with Gasteiger partial charge >= 0.3 is 6.03 Å². The second-order valence-electron chi connectivity index (χ2n) is 6.85. The van der Waals surface area contributed by atoms with E-state index in [1.54, 1.807) is 43.3 Å². The molecule has 0 bridgehead atoms. The molecule has 0 spiro atoms. The number of nitrogens with zero attached hydrogens (tertiary/aromatic N) is 2. The number of carbonyl (C=O) groups excluding carboxylic acids is 3. The first-order valence-electron chi connectivity index (χ1n) is 9.52. The monoisotopic (exact) mass is 406 g/mol. The predicted molar refractivity (Wildman–Crippen MR) is 117 cm³/mol. The highest BCUT2D eigenvalue weighted by atomic mass is 16.2. The van der Waals surface area contributed by atoms with Gasteiger partial charge in [-0.3, -0.25) is 9.59 Å². The van der Waals surface area contributed by atoms with Crippen LogP contribution < -0.4 is 10.6 Å². The van der Waals surface area contributed by atoms with Crippen LogP contribution in [0.15, 0.2) is 54.6 Å². The van der Waals surface area contributed by atoms with E-state index in [0.29, 0.717) is 17.8 Å². The molecule has 0 heterocycles. The van der Waals surface area contributed by atoms with Crippen molar-refractivity contribution >= 4 is 23.5 Å². The van der Waals surface area contributed by atoms with Gasteiger partial charge in [0.15, 0.2) is 0 Å². The number of urea groups is 1. The average Bonchev–Trinajstić information content (AvgIpc) is 2.74. The van der Waals surface area contributed by atoms with E-state index in [9.17, 15) is 14.4 Å². The molecule has 0 aliphatic carbocycles. The molecule has 0 saturated carbocycles. The van der Waals surface area contributed by atoms with Gasteiger partial charge in [-0.25, -0.2) is 4.79 Å². The highest BCUT2D eigenvalue weighted by Crippen LogP contribution is 2.09. The summed E-state index contributed by atoms with van der Waals surface area (Å²) in [5.74, 6) is 1.93. The molecule has 2 rings (SSSR count). The van der Waals surface area contributed by atoms with Gasteiger partial charge in [0.25, 0.3) is 0 Å². The van der Waals surface area contributed by atoms with Crippen LogP contribution in [0.5, 0.6) is 0 Å². The van der Waals surface area contributed by atoms with Crippen LogP contribution in [0, 0.1) is 12.3 Å². The lowest BCUT2D eigenvalue weighted by atomic mass is 10.2. The standard InChI is InChI=1S/C23H26N4O3/c1-4-18-11-8-12-20(15-18)25-21(28)17-26(2)22(29)13-14-24-23(30)27(3)16-19-9-6-5-7-10-19/h1,5-12,15H,13-14,16-17H2,2-3H3,(H,24,30)(H,25,28). The van der Waals surface area contributed by atoms with Gasteiger partial charge < -0.3 is 20.4 Å². The summed E-state index contributed by atoms with van der Waals surface area (Å²) in [6.07, 6.45) is 5.44. The van der Waals surface area contributed by atoms with Crippen LogP contribution in [0.4, 0.5) is 10.5 Å². The Hall–Kier alpha value is -3.79. The van der Waals surface area contributed by atoms with Crippen molar-refractivity contribution in [2.75, 3.05) is 32.5 Å². The van der Waals surface area contributed by atoms with E-state index >= 15 is 0 Å². The van der Waals surface area contributed by atoms with Crippen molar-refractivity contribution in [3.8, 4) is 12.3 Å². The van der Waals surface area contributed by atoms with Gasteiger partial charge in [0.1, 0.15) is 0 Å². The van der Waals surface area contributed by atoms with E-state index in [0.717, 1.165) is 5.56 Å². The first-order chi connectivity index (χ1) is 14.4. The molecule has 0 unspecified atom stereocenters. The number of hydrogen-bond acceptors (Lipinski definition) is 3. The van der Waals surface area contributed by atoms with Crippen LogP contribution in [0.1, 0.15) is 17.5 Å². The number of terminal acetylenes is 1. The smallest absolute Gasteiger partial charge is 0.317 e. The molecule has 0 saturated heterocycles. The number of likely N-dealkylation sites (N-methyl/N-ethyl adjacent to an activating group) is 1. The summed E-state index contributed by atoms with van der Waals surface area (Å²) in [6.45, 7) is 0.565. The number of carbonyl (C=O) groups is 3. The number of hydrogen-bond donors (Lipinski definition) is 2. The highest BCUT2D eigenvalue weighted by Gasteiger charge is 2.14. The zero-order valence-electron chi connectivity index (χ0n) is 17.2. The summed E-state index contributed by atoms with van der Waals surface area (Å²) in [5.41, 5.74) is 2.25. The molecule has 2 aromatic carbocycles. The van der Waals surface area contributed by atoms with E-state index < -0.39 is 0 Å². The fraction of sp³-hybridized carbons (Fsp3) is 0.261. The van der Waals surface area contributed by atoms with Gasteiger partial charge in [-0.15, -0.1) is 6.42 Å². The summed E-state index contributed by atoms with van der Waals surface area (Å²) in [7, 11) is 3.24. The topological polar surface area (TPSA) is 81.8 Å². The molecule has 30 heavy (non-hydrogen) atoms. The van der Waals surface area contributed by atoms with Gasteiger partial charge in [0.05, 0.1) is 6.54 Å². The fourth-order valence-electron chi connectivity index (χ4n) is 2.72. The summed E-state index contributed by atoms with van der Waals surface area (Å²) < 4.78 is 0. The summed E-state index contributed by atoms with van der Waals surface area (Å²) in [6, 6.07) is 16.3. The van der Waals surface area contributed by atoms with Gasteiger partial charge in [0.2, 0.25) is 11.8 Å². The molecule has 156 valence electrons. The Morgan fingerprint density at radius 1 is 1.00 bits per heavy atom. The van der Waals surface area contributed by atoms with Crippen LogP contribution in [0.2, 0.25) is 0 Å². The van der Waals surface area contributed by atoms with Crippen molar-refractivity contribution in [3.63, 3.8) is 0 Å². The van der Waals surface area contributed by atoms with Crippen molar-refractivity contribution in [2.45, 2.75) is 13.0 Å². The minimum Gasteiger partial charge on any atom is -0.337 e. The summed E-state index contributed by atoms with van der Waals surface area (Å²) in [4.78, 5) is 39.4. The maximum absolute atomic E-state index is 12.2. The van der Waals surface area contributed by atoms with E-state index in [4.69, 9.17) is 6.42 Å². The molecule has 4 amide bonds. The van der Waals surface area contributed by atoms with Crippen LogP contribution in [0.25, 0.3) is 0 Å². The fourth-order valence-corrected chi connectivity index (χ4v) is 2.72. The average molecular weight is 406 g/mol. The number of rotatable bonds is 8. The molecule has 0 radical (unpaired) electrons. The van der Waals surface area contributed by atoms with E-state index in [2.05, 4.69) is 16.6 Å². The third-order valence-electron chi connectivity index (χ3n) is 4.34. The van der Waals surface area contributed by atoms with Crippen molar-refractivity contribution in [3.05, 3.63) is 65.7 Å². The van der Waals surface area contributed by atoms with Gasteiger partial charge in [-0.05, 0) is 23.8 Å². The molecule has 2 N–H and O–H groups in total. The quantitative estimate of drug-likeness (QED) is 0.660. The first-order valence-corrected chi connectivity index (χ1v) is 9.52.